The van der Waals surface area contributed by atoms with E-state index < -0.39 is 11.9 Å². The number of aromatic nitrogens is 3. The molecule has 1 aliphatic rings. The number of thiazole rings is 1. The molecule has 39 heavy (non-hydrogen) atoms. The highest BCUT2D eigenvalue weighted by atomic mass is 35.5. The highest BCUT2D eigenvalue weighted by molar-refractivity contribution is 7.17. The molecule has 0 radical (unpaired) electrons. The highest BCUT2D eigenvalue weighted by Gasteiger charge is 2.26. The molecule has 3 aromatic rings. The number of anilines is 2. The predicted octanol–water partition coefficient (Wildman–Crippen LogP) is 4.97. The molecule has 0 aromatic carbocycles. The Bertz CT molecular complexity index is 1260. The fraction of sp³-hybridized carbons (Fsp3) is 0.500. The number of aliphatic carboxylic acids is 1. The molecule has 4 heterocycles. The number of nitrogens with zero attached hydrogens (tertiary/aromatic N) is 5. The average molecular weight is 593 g/mol. The summed E-state index contributed by atoms with van der Waals surface area (Å²) in [5, 5.41) is 15.1. The molecule has 3 aromatic heterocycles. The number of carboxylic acid groups (broad SMARTS) is 1. The molecule has 0 unspecified atom stereocenters. The van der Waals surface area contributed by atoms with E-state index in [1.165, 1.54) is 28.9 Å². The smallest absolute Gasteiger partial charge is 0.306 e. The molecule has 0 saturated carbocycles. The number of hydrogen-bond acceptors (Lipinski definition) is 10. The summed E-state index contributed by atoms with van der Waals surface area (Å²) in [5.41, 5.74) is 0.989. The van der Waals surface area contributed by atoms with Gasteiger partial charge in [-0.15, -0.1) is 11.3 Å². The van der Waals surface area contributed by atoms with Crippen molar-refractivity contribution in [3.05, 3.63) is 39.4 Å². The van der Waals surface area contributed by atoms with Crippen LogP contribution in [0.3, 0.4) is 0 Å². The van der Waals surface area contributed by atoms with Gasteiger partial charge in [0.25, 0.3) is 5.91 Å². The van der Waals surface area contributed by atoms with Gasteiger partial charge in [0.2, 0.25) is 0 Å². The normalized spacial score (nSPS) is 14.4. The lowest BCUT2D eigenvalue weighted by Crippen LogP contribution is -2.36. The fourth-order valence-electron chi connectivity index (χ4n) is 4.44. The monoisotopic (exact) mass is 592 g/mol. The summed E-state index contributed by atoms with van der Waals surface area (Å²) < 4.78 is 5.31. The number of thiophene rings is 1. The lowest BCUT2D eigenvalue weighted by atomic mass is 9.97. The number of rotatable bonds is 12. The van der Waals surface area contributed by atoms with Crippen LogP contribution in [0.1, 0.15) is 42.1 Å². The molecule has 13 heteroatoms. The van der Waals surface area contributed by atoms with E-state index >= 15 is 0 Å². The van der Waals surface area contributed by atoms with Gasteiger partial charge in [-0.25, -0.2) is 15.0 Å². The molecule has 0 spiro atoms. The van der Waals surface area contributed by atoms with Gasteiger partial charge >= 0.3 is 5.97 Å². The summed E-state index contributed by atoms with van der Waals surface area (Å²) in [6.07, 6.45) is 4.12. The van der Waals surface area contributed by atoms with E-state index in [0.29, 0.717) is 61.0 Å². The van der Waals surface area contributed by atoms with E-state index in [-0.39, 0.29) is 11.6 Å². The van der Waals surface area contributed by atoms with Gasteiger partial charge in [0.1, 0.15) is 11.5 Å². The van der Waals surface area contributed by atoms with Crippen LogP contribution in [0.15, 0.2) is 23.8 Å². The van der Waals surface area contributed by atoms with Gasteiger partial charge in [-0.3, -0.25) is 19.8 Å². The third kappa shape index (κ3) is 7.95. The summed E-state index contributed by atoms with van der Waals surface area (Å²) in [6, 6.07) is 1.89. The Morgan fingerprint density at radius 1 is 1.28 bits per heavy atom. The van der Waals surface area contributed by atoms with Crippen LogP contribution < -0.4 is 10.2 Å². The number of methoxy groups -OCH3 is 1. The van der Waals surface area contributed by atoms with E-state index in [9.17, 15) is 14.7 Å². The zero-order chi connectivity index (χ0) is 27.9. The van der Waals surface area contributed by atoms with Crippen molar-refractivity contribution in [3.63, 3.8) is 0 Å². The van der Waals surface area contributed by atoms with Crippen LogP contribution in [0.25, 0.3) is 10.6 Å². The molecule has 0 aliphatic carbocycles. The number of piperidine rings is 1. The molecule has 0 bridgehead atoms. The predicted molar refractivity (Wildman–Crippen MR) is 155 cm³/mol. The number of carbonyl (C=O) groups excluding carboxylic acids is 1. The first kappa shape index (κ1) is 29.3. The largest absolute Gasteiger partial charge is 0.481 e. The second-order valence-electron chi connectivity index (χ2n) is 9.86. The minimum Gasteiger partial charge on any atom is -0.481 e. The van der Waals surface area contributed by atoms with Crippen molar-refractivity contribution in [2.45, 2.75) is 33.2 Å². The van der Waals surface area contributed by atoms with E-state index in [1.807, 2.05) is 16.3 Å². The molecular formula is C26H33ClN6O4S2. The maximum Gasteiger partial charge on any atom is 0.306 e. The SMILES string of the molecule is COCCN(Cc1sc(NC(=O)c2cnc(N3CCC(C(=O)O)CC3)cn2)nc1-c1cc(Cl)cs1)CC(C)C. The number of carboxylic acids is 1. The topological polar surface area (TPSA) is 121 Å². The zero-order valence-corrected chi connectivity index (χ0v) is 24.6. The summed E-state index contributed by atoms with van der Waals surface area (Å²) in [4.78, 5) is 44.0. The van der Waals surface area contributed by atoms with Crippen molar-refractivity contribution in [3.8, 4) is 10.6 Å². The van der Waals surface area contributed by atoms with Crippen molar-refractivity contribution < 1.29 is 19.4 Å². The molecule has 1 fully saturated rings. The number of nitrogens with one attached hydrogen (secondary N) is 1. The molecule has 0 atom stereocenters. The first-order valence-electron chi connectivity index (χ1n) is 12.8. The Labute approximate surface area is 241 Å². The number of ether oxygens (including phenoxy) is 1. The zero-order valence-electron chi connectivity index (χ0n) is 22.2. The lowest BCUT2D eigenvalue weighted by Gasteiger charge is -2.30. The van der Waals surface area contributed by atoms with E-state index in [1.54, 1.807) is 13.3 Å². The lowest BCUT2D eigenvalue weighted by molar-refractivity contribution is -0.142. The van der Waals surface area contributed by atoms with Crippen LogP contribution in [-0.4, -0.2) is 76.7 Å². The Morgan fingerprint density at radius 3 is 2.64 bits per heavy atom. The summed E-state index contributed by atoms with van der Waals surface area (Å²) >= 11 is 9.17. The van der Waals surface area contributed by atoms with Crippen LogP contribution in [0.2, 0.25) is 5.02 Å². The number of halogens is 1. The van der Waals surface area contributed by atoms with Crippen molar-refractivity contribution in [1.82, 2.24) is 19.9 Å². The second kappa shape index (κ2) is 13.6. The number of hydrogen-bond donors (Lipinski definition) is 2. The van der Waals surface area contributed by atoms with Crippen LogP contribution in [0.5, 0.6) is 0 Å². The van der Waals surface area contributed by atoms with Crippen molar-refractivity contribution in [2.24, 2.45) is 11.8 Å². The third-order valence-electron chi connectivity index (χ3n) is 6.36. The van der Waals surface area contributed by atoms with Crippen molar-refractivity contribution >= 4 is 57.1 Å². The Morgan fingerprint density at radius 2 is 2.05 bits per heavy atom. The summed E-state index contributed by atoms with van der Waals surface area (Å²) in [5.74, 6) is -0.363. The van der Waals surface area contributed by atoms with E-state index in [4.69, 9.17) is 21.3 Å². The molecule has 1 aliphatic heterocycles. The van der Waals surface area contributed by atoms with Gasteiger partial charge < -0.3 is 14.7 Å². The van der Waals surface area contributed by atoms with Crippen LogP contribution >= 0.6 is 34.3 Å². The number of carbonyl (C=O) groups is 2. The van der Waals surface area contributed by atoms with E-state index in [2.05, 4.69) is 34.0 Å². The standard InChI is InChI=1S/C26H33ClN6O4S2/c1-16(2)13-32(8-9-37-3)14-21-23(20-10-18(27)15-38-20)30-26(39-21)31-24(34)19-11-29-22(12-28-19)33-6-4-17(5-7-33)25(35)36/h10-12,15-17H,4-9,13-14H2,1-3H3,(H,35,36)(H,30,31,34). The van der Waals surface area contributed by atoms with Gasteiger partial charge in [-0.2, -0.15) is 0 Å². The highest BCUT2D eigenvalue weighted by Crippen LogP contribution is 2.37. The van der Waals surface area contributed by atoms with Gasteiger partial charge in [-0.05, 0) is 24.8 Å². The Balaban J connectivity index is 1.48. The molecule has 2 N–H and O–H groups in total. The molecule has 4 rings (SSSR count). The van der Waals surface area contributed by atoms with Crippen LogP contribution in [0.4, 0.5) is 10.9 Å². The molecular weight excluding hydrogens is 560 g/mol. The summed E-state index contributed by atoms with van der Waals surface area (Å²) in [7, 11) is 1.70. The van der Waals surface area contributed by atoms with Crippen LogP contribution in [-0.2, 0) is 16.1 Å². The molecule has 1 amide bonds. The van der Waals surface area contributed by atoms with E-state index in [0.717, 1.165) is 28.5 Å². The van der Waals surface area contributed by atoms with Crippen molar-refractivity contribution in [1.29, 1.82) is 0 Å². The first-order chi connectivity index (χ1) is 18.7. The quantitative estimate of drug-likeness (QED) is 0.300. The number of amides is 1. The maximum atomic E-state index is 13.0. The summed E-state index contributed by atoms with van der Waals surface area (Å²) in [6.45, 7) is 8.54. The molecule has 10 nitrogen and oxygen atoms in total. The first-order valence-corrected chi connectivity index (χ1v) is 14.9. The van der Waals surface area contributed by atoms with Gasteiger partial charge in [0.15, 0.2) is 5.13 Å². The molecule has 210 valence electrons. The minimum absolute atomic E-state index is 0.179. The second-order valence-corrected chi connectivity index (χ2v) is 12.3. The van der Waals surface area contributed by atoms with Crippen LogP contribution in [0, 0.1) is 11.8 Å². The van der Waals surface area contributed by atoms with Crippen molar-refractivity contribution in [2.75, 3.05) is 50.1 Å². The minimum atomic E-state index is -0.758. The fourth-order valence-corrected chi connectivity index (χ4v) is 6.60. The maximum absolute atomic E-state index is 13.0. The Hall–Kier alpha value is -2.64. The molecule has 1 saturated heterocycles. The van der Waals surface area contributed by atoms with Gasteiger partial charge in [-0.1, -0.05) is 36.8 Å². The Kier molecular flexibility index (Phi) is 10.2. The van der Waals surface area contributed by atoms with Gasteiger partial charge in [0, 0.05) is 50.1 Å². The third-order valence-corrected chi connectivity index (χ3v) is 8.60. The average Bonchev–Trinajstić information content (AvgIpc) is 3.52. The van der Waals surface area contributed by atoms with Gasteiger partial charge in [0.05, 0.1) is 40.5 Å².